The third kappa shape index (κ3) is 3.35. The van der Waals surface area contributed by atoms with Crippen LogP contribution in [0.15, 0.2) is 28.5 Å². The molecular weight excluding hydrogens is 318 g/mol. The summed E-state index contributed by atoms with van der Waals surface area (Å²) in [7, 11) is -3.67. The van der Waals surface area contributed by atoms with Crippen molar-refractivity contribution in [2.75, 3.05) is 0 Å². The Morgan fingerprint density at radius 1 is 1.50 bits per heavy atom. The van der Waals surface area contributed by atoms with Crippen LogP contribution in [0.3, 0.4) is 0 Å². The molecule has 0 aliphatic rings. The normalized spacial score (nSPS) is 11.2. The minimum atomic E-state index is -3.67. The van der Waals surface area contributed by atoms with Gasteiger partial charge in [0.2, 0.25) is 10.0 Å². The zero-order valence-electron chi connectivity index (χ0n) is 10.4. The maximum Gasteiger partial charge on any atom is 0.241 e. The molecule has 2 rings (SSSR count). The van der Waals surface area contributed by atoms with Gasteiger partial charge in [0, 0.05) is 11.1 Å². The van der Waals surface area contributed by atoms with Gasteiger partial charge >= 0.3 is 0 Å². The van der Waals surface area contributed by atoms with Gasteiger partial charge in [-0.15, -0.1) is 11.3 Å². The zero-order valence-corrected chi connectivity index (χ0v) is 12.8. The van der Waals surface area contributed by atoms with Gasteiger partial charge in [0.25, 0.3) is 0 Å². The molecule has 0 atom stereocenters. The second-order valence-corrected chi connectivity index (χ2v) is 7.08. The third-order valence-electron chi connectivity index (χ3n) is 2.45. The van der Waals surface area contributed by atoms with Crippen LogP contribution >= 0.6 is 22.9 Å². The van der Waals surface area contributed by atoms with E-state index in [0.717, 1.165) is 5.69 Å². The molecule has 0 fully saturated rings. The highest BCUT2D eigenvalue weighted by Gasteiger charge is 2.16. The Kier molecular flexibility index (Phi) is 4.40. The lowest BCUT2D eigenvalue weighted by molar-refractivity contribution is 0.581. The van der Waals surface area contributed by atoms with Gasteiger partial charge in [0.05, 0.1) is 22.0 Å². The minimum Gasteiger partial charge on any atom is -0.245 e. The van der Waals surface area contributed by atoms with Crippen LogP contribution in [0.4, 0.5) is 0 Å². The molecule has 20 heavy (non-hydrogen) atoms. The van der Waals surface area contributed by atoms with Crippen LogP contribution in [-0.2, 0) is 16.6 Å². The summed E-state index contributed by atoms with van der Waals surface area (Å²) in [6.07, 6.45) is 0. The summed E-state index contributed by atoms with van der Waals surface area (Å²) in [6, 6.07) is 5.86. The molecule has 1 heterocycles. The second-order valence-electron chi connectivity index (χ2n) is 3.96. The van der Waals surface area contributed by atoms with Gasteiger partial charge in [0.1, 0.15) is 11.1 Å². The molecule has 0 spiro atoms. The molecule has 1 aromatic carbocycles. The summed E-state index contributed by atoms with van der Waals surface area (Å²) in [5.74, 6) is 0. The highest BCUT2D eigenvalue weighted by Crippen LogP contribution is 2.20. The van der Waals surface area contributed by atoms with Crippen LogP contribution in [0, 0.1) is 18.3 Å². The van der Waals surface area contributed by atoms with Crippen molar-refractivity contribution in [2.45, 2.75) is 18.4 Å². The van der Waals surface area contributed by atoms with Gasteiger partial charge in [-0.2, -0.15) is 5.26 Å². The lowest BCUT2D eigenvalue weighted by atomic mass is 10.2. The first-order valence-corrected chi connectivity index (χ1v) is 8.27. The third-order valence-corrected chi connectivity index (χ3v) is 5.13. The van der Waals surface area contributed by atoms with E-state index in [4.69, 9.17) is 16.9 Å². The first-order valence-electron chi connectivity index (χ1n) is 5.53. The Bertz CT molecular complexity index is 778. The number of rotatable bonds is 4. The Balaban J connectivity index is 2.18. The van der Waals surface area contributed by atoms with Crippen LogP contribution in [0.1, 0.15) is 16.3 Å². The van der Waals surface area contributed by atoms with E-state index < -0.39 is 10.0 Å². The number of thiazole rings is 1. The summed E-state index contributed by atoms with van der Waals surface area (Å²) < 4.78 is 26.6. The smallest absolute Gasteiger partial charge is 0.241 e. The van der Waals surface area contributed by atoms with Crippen LogP contribution in [0.25, 0.3) is 0 Å². The standard InChI is InChI=1S/C12H10ClN3O2S2/c1-8-7-19-12(16-8)6-15-20(17,18)10-3-2-9(5-14)11(13)4-10/h2-4,7,15H,6H2,1H3. The molecule has 0 saturated heterocycles. The SMILES string of the molecule is Cc1csc(CNS(=O)(=O)c2ccc(C#N)c(Cl)c2)n1. The van der Waals surface area contributed by atoms with E-state index in [-0.39, 0.29) is 22.0 Å². The number of aromatic nitrogens is 1. The van der Waals surface area contributed by atoms with Crippen molar-refractivity contribution in [1.82, 2.24) is 9.71 Å². The van der Waals surface area contributed by atoms with E-state index in [0.29, 0.717) is 5.01 Å². The van der Waals surface area contributed by atoms with E-state index in [1.54, 1.807) is 0 Å². The molecule has 0 aliphatic heterocycles. The van der Waals surface area contributed by atoms with Gasteiger partial charge in [-0.3, -0.25) is 0 Å². The van der Waals surface area contributed by atoms with Gasteiger partial charge in [-0.25, -0.2) is 18.1 Å². The number of nitriles is 1. The molecule has 0 unspecified atom stereocenters. The van der Waals surface area contributed by atoms with Gasteiger partial charge < -0.3 is 0 Å². The van der Waals surface area contributed by atoms with Crippen LogP contribution in [0.5, 0.6) is 0 Å². The quantitative estimate of drug-likeness (QED) is 0.935. The summed E-state index contributed by atoms with van der Waals surface area (Å²) in [4.78, 5) is 4.20. The van der Waals surface area contributed by atoms with Crippen molar-refractivity contribution in [2.24, 2.45) is 0 Å². The average molecular weight is 328 g/mol. The van der Waals surface area contributed by atoms with E-state index in [1.807, 2.05) is 18.4 Å². The van der Waals surface area contributed by atoms with Crippen molar-refractivity contribution in [3.63, 3.8) is 0 Å². The largest absolute Gasteiger partial charge is 0.245 e. The molecule has 0 bridgehead atoms. The van der Waals surface area contributed by atoms with Crippen LogP contribution in [-0.4, -0.2) is 13.4 Å². The fourth-order valence-electron chi connectivity index (χ4n) is 1.48. The van der Waals surface area contributed by atoms with E-state index in [9.17, 15) is 8.42 Å². The Hall–Kier alpha value is -1.46. The second kappa shape index (κ2) is 5.89. The molecule has 0 saturated carbocycles. The molecule has 0 amide bonds. The number of benzene rings is 1. The molecule has 0 radical (unpaired) electrons. The molecular formula is C12H10ClN3O2S2. The summed E-state index contributed by atoms with van der Waals surface area (Å²) >= 11 is 7.22. The van der Waals surface area contributed by atoms with Crippen molar-refractivity contribution >= 4 is 33.0 Å². The first kappa shape index (κ1) is 14.9. The number of sulfonamides is 1. The predicted octanol–water partition coefficient (Wildman–Crippen LogP) is 2.46. The number of halogens is 1. The van der Waals surface area contributed by atoms with Gasteiger partial charge in [-0.05, 0) is 25.1 Å². The fraction of sp³-hybridized carbons (Fsp3) is 0.167. The molecule has 1 N–H and O–H groups in total. The minimum absolute atomic E-state index is 0.0229. The Labute approximate surface area is 125 Å². The number of aryl methyl sites for hydroxylation is 1. The van der Waals surface area contributed by atoms with E-state index >= 15 is 0 Å². The van der Waals surface area contributed by atoms with Crippen molar-refractivity contribution < 1.29 is 8.42 Å². The molecule has 104 valence electrons. The Morgan fingerprint density at radius 2 is 2.25 bits per heavy atom. The first-order chi connectivity index (χ1) is 9.42. The zero-order chi connectivity index (χ0) is 14.8. The maximum absolute atomic E-state index is 12.1. The van der Waals surface area contributed by atoms with Crippen LogP contribution < -0.4 is 4.72 Å². The van der Waals surface area contributed by atoms with Crippen molar-refractivity contribution in [3.8, 4) is 6.07 Å². The lowest BCUT2D eigenvalue weighted by Crippen LogP contribution is -2.23. The van der Waals surface area contributed by atoms with Gasteiger partial charge in [0.15, 0.2) is 0 Å². The number of hydrogen-bond acceptors (Lipinski definition) is 5. The topological polar surface area (TPSA) is 82.9 Å². The summed E-state index contributed by atoms with van der Waals surface area (Å²) in [6.45, 7) is 1.97. The summed E-state index contributed by atoms with van der Waals surface area (Å²) in [5.41, 5.74) is 1.09. The number of nitrogens with zero attached hydrogens (tertiary/aromatic N) is 2. The predicted molar refractivity (Wildman–Crippen MR) is 77.0 cm³/mol. The van der Waals surface area contributed by atoms with E-state index in [2.05, 4.69) is 9.71 Å². The van der Waals surface area contributed by atoms with Crippen molar-refractivity contribution in [1.29, 1.82) is 5.26 Å². The molecule has 0 aliphatic carbocycles. The molecule has 2 aromatic rings. The highest BCUT2D eigenvalue weighted by atomic mass is 35.5. The van der Waals surface area contributed by atoms with Crippen LogP contribution in [0.2, 0.25) is 5.02 Å². The fourth-order valence-corrected chi connectivity index (χ4v) is 3.58. The average Bonchev–Trinajstić information content (AvgIpc) is 2.82. The highest BCUT2D eigenvalue weighted by molar-refractivity contribution is 7.89. The maximum atomic E-state index is 12.1. The molecule has 5 nitrogen and oxygen atoms in total. The van der Waals surface area contributed by atoms with Gasteiger partial charge in [-0.1, -0.05) is 11.6 Å². The van der Waals surface area contributed by atoms with Crippen molar-refractivity contribution in [3.05, 3.63) is 44.9 Å². The molecule has 1 aromatic heterocycles. The number of nitrogens with one attached hydrogen (secondary N) is 1. The number of hydrogen-bond donors (Lipinski definition) is 1. The monoisotopic (exact) mass is 327 g/mol. The summed E-state index contributed by atoms with van der Waals surface area (Å²) in [5, 5.41) is 11.4. The molecule has 8 heteroatoms. The van der Waals surface area contributed by atoms with E-state index in [1.165, 1.54) is 29.5 Å². The lowest BCUT2D eigenvalue weighted by Gasteiger charge is -2.06. The Morgan fingerprint density at radius 3 is 2.80 bits per heavy atom.